The van der Waals surface area contributed by atoms with E-state index in [1.807, 2.05) is 12.1 Å². The normalized spacial score (nSPS) is 9.73. The first kappa shape index (κ1) is 5.86. The van der Waals surface area contributed by atoms with Crippen LogP contribution < -0.4 is 0 Å². The molecule has 2 aromatic heterocycles. The van der Waals surface area contributed by atoms with E-state index in [0.717, 1.165) is 5.52 Å². The molecular formula is C7H4N4. The number of hydrogen-bond donors (Lipinski definition) is 1. The Morgan fingerprint density at radius 2 is 2.45 bits per heavy atom. The molecule has 0 aliphatic carbocycles. The highest BCUT2D eigenvalue weighted by Gasteiger charge is 2.02. The molecule has 0 fully saturated rings. The zero-order valence-electron chi connectivity index (χ0n) is 5.57. The van der Waals surface area contributed by atoms with Gasteiger partial charge in [0.15, 0.2) is 5.69 Å². The van der Waals surface area contributed by atoms with Gasteiger partial charge in [0.25, 0.3) is 0 Å². The Bertz CT molecular complexity index is 423. The summed E-state index contributed by atoms with van der Waals surface area (Å²) in [4.78, 5) is 4.00. The molecule has 0 amide bonds. The third kappa shape index (κ3) is 0.749. The van der Waals surface area contributed by atoms with E-state index >= 15 is 0 Å². The number of aromatic nitrogens is 3. The molecule has 0 saturated heterocycles. The summed E-state index contributed by atoms with van der Waals surface area (Å²) in [6, 6.07) is 5.57. The van der Waals surface area contributed by atoms with Crippen LogP contribution in [0.5, 0.6) is 0 Å². The van der Waals surface area contributed by atoms with E-state index < -0.39 is 0 Å². The van der Waals surface area contributed by atoms with Crippen molar-refractivity contribution in [3.63, 3.8) is 0 Å². The minimum Gasteiger partial charge on any atom is -0.275 e. The number of nitrogens with zero attached hydrogens (tertiary/aromatic N) is 3. The number of fused-ring (bicyclic) bond motifs is 1. The monoisotopic (exact) mass is 144 g/mol. The van der Waals surface area contributed by atoms with Gasteiger partial charge in [0.2, 0.25) is 0 Å². The van der Waals surface area contributed by atoms with Crippen LogP contribution in [0.2, 0.25) is 0 Å². The van der Waals surface area contributed by atoms with Gasteiger partial charge in [0.05, 0.1) is 5.52 Å². The molecule has 4 nitrogen and oxygen atoms in total. The van der Waals surface area contributed by atoms with E-state index in [0.29, 0.717) is 11.2 Å². The predicted molar refractivity (Wildman–Crippen MR) is 38.6 cm³/mol. The minimum atomic E-state index is 0.348. The van der Waals surface area contributed by atoms with Crippen molar-refractivity contribution in [2.75, 3.05) is 0 Å². The van der Waals surface area contributed by atoms with Crippen LogP contribution in [-0.4, -0.2) is 15.2 Å². The summed E-state index contributed by atoms with van der Waals surface area (Å²) in [6.07, 6.45) is 1.64. The smallest absolute Gasteiger partial charge is 0.188 e. The highest BCUT2D eigenvalue weighted by Crippen LogP contribution is 2.09. The number of rotatable bonds is 0. The van der Waals surface area contributed by atoms with Crippen molar-refractivity contribution < 1.29 is 0 Å². The Hall–Kier alpha value is -1.89. The quantitative estimate of drug-likeness (QED) is 0.595. The predicted octanol–water partition coefficient (Wildman–Crippen LogP) is 0.830. The van der Waals surface area contributed by atoms with Gasteiger partial charge in [-0.1, -0.05) is 0 Å². The molecule has 4 heteroatoms. The average molecular weight is 144 g/mol. The van der Waals surface area contributed by atoms with Crippen molar-refractivity contribution in [2.24, 2.45) is 0 Å². The number of nitriles is 1. The summed E-state index contributed by atoms with van der Waals surface area (Å²) in [5.74, 6) is 0. The fraction of sp³-hybridized carbons (Fsp3) is 0. The maximum atomic E-state index is 8.55. The summed E-state index contributed by atoms with van der Waals surface area (Å²) in [7, 11) is 0. The second kappa shape index (κ2) is 2.06. The Labute approximate surface area is 62.5 Å². The molecule has 1 N–H and O–H groups in total. The van der Waals surface area contributed by atoms with Gasteiger partial charge >= 0.3 is 0 Å². The van der Waals surface area contributed by atoms with Crippen molar-refractivity contribution >= 4 is 11.0 Å². The maximum Gasteiger partial charge on any atom is 0.188 e. The first-order chi connectivity index (χ1) is 5.42. The largest absolute Gasteiger partial charge is 0.275 e. The molecular weight excluding hydrogens is 140 g/mol. The molecule has 11 heavy (non-hydrogen) atoms. The zero-order valence-corrected chi connectivity index (χ0v) is 5.57. The van der Waals surface area contributed by atoms with Crippen LogP contribution in [0.1, 0.15) is 5.69 Å². The SMILES string of the molecule is N#Cc1n[nH]c2cccnc12. The summed E-state index contributed by atoms with van der Waals surface area (Å²) in [5.41, 5.74) is 1.78. The van der Waals surface area contributed by atoms with E-state index in [1.54, 1.807) is 12.3 Å². The Balaban J connectivity index is 2.89. The van der Waals surface area contributed by atoms with E-state index in [-0.39, 0.29) is 0 Å². The average Bonchev–Trinajstić information content (AvgIpc) is 2.47. The van der Waals surface area contributed by atoms with Crippen LogP contribution in [0.25, 0.3) is 11.0 Å². The highest BCUT2D eigenvalue weighted by molar-refractivity contribution is 5.78. The van der Waals surface area contributed by atoms with E-state index in [2.05, 4.69) is 15.2 Å². The standard InChI is InChI=1S/C7H4N4/c8-4-6-7-5(10-11-6)2-1-3-9-7/h1-3H,(H,10,11). The first-order valence-electron chi connectivity index (χ1n) is 3.11. The topological polar surface area (TPSA) is 65.4 Å². The third-order valence-electron chi connectivity index (χ3n) is 1.43. The van der Waals surface area contributed by atoms with Gasteiger partial charge in [-0.2, -0.15) is 10.4 Å². The first-order valence-corrected chi connectivity index (χ1v) is 3.11. The van der Waals surface area contributed by atoms with Crippen LogP contribution in [0.3, 0.4) is 0 Å². The van der Waals surface area contributed by atoms with Crippen molar-refractivity contribution in [1.82, 2.24) is 15.2 Å². The second-order valence-electron chi connectivity index (χ2n) is 2.08. The summed E-state index contributed by atoms with van der Waals surface area (Å²) < 4.78 is 0. The van der Waals surface area contributed by atoms with Crippen molar-refractivity contribution in [3.05, 3.63) is 24.0 Å². The molecule has 0 aliphatic rings. The lowest BCUT2D eigenvalue weighted by atomic mass is 10.3. The number of pyridine rings is 1. The van der Waals surface area contributed by atoms with Crippen molar-refractivity contribution in [3.8, 4) is 6.07 Å². The fourth-order valence-electron chi connectivity index (χ4n) is 0.931. The number of aromatic amines is 1. The van der Waals surface area contributed by atoms with Crippen LogP contribution in [0.4, 0.5) is 0 Å². The van der Waals surface area contributed by atoms with Gasteiger partial charge in [0.1, 0.15) is 11.6 Å². The molecule has 0 bridgehead atoms. The van der Waals surface area contributed by atoms with Gasteiger partial charge in [-0.25, -0.2) is 0 Å². The van der Waals surface area contributed by atoms with Gasteiger partial charge in [-0.05, 0) is 12.1 Å². The van der Waals surface area contributed by atoms with Crippen LogP contribution in [0, 0.1) is 11.3 Å². The maximum absolute atomic E-state index is 8.55. The number of H-pyrrole nitrogens is 1. The molecule has 0 atom stereocenters. The molecule has 0 radical (unpaired) electrons. The van der Waals surface area contributed by atoms with E-state index in [4.69, 9.17) is 5.26 Å². The second-order valence-corrected chi connectivity index (χ2v) is 2.08. The molecule has 2 aromatic rings. The molecule has 0 aromatic carbocycles. The van der Waals surface area contributed by atoms with Crippen LogP contribution in [-0.2, 0) is 0 Å². The van der Waals surface area contributed by atoms with E-state index in [1.165, 1.54) is 0 Å². The van der Waals surface area contributed by atoms with Crippen molar-refractivity contribution in [1.29, 1.82) is 5.26 Å². The van der Waals surface area contributed by atoms with Gasteiger partial charge in [0, 0.05) is 6.20 Å². The fourth-order valence-corrected chi connectivity index (χ4v) is 0.931. The number of hydrogen-bond acceptors (Lipinski definition) is 3. The van der Waals surface area contributed by atoms with E-state index in [9.17, 15) is 0 Å². The van der Waals surface area contributed by atoms with Gasteiger partial charge in [-0.15, -0.1) is 0 Å². The number of nitrogens with one attached hydrogen (secondary N) is 1. The summed E-state index contributed by atoms with van der Waals surface area (Å²) in [5, 5.41) is 15.0. The lowest BCUT2D eigenvalue weighted by molar-refractivity contribution is 1.10. The lowest BCUT2D eigenvalue weighted by Gasteiger charge is -1.82. The lowest BCUT2D eigenvalue weighted by Crippen LogP contribution is -1.75. The molecule has 0 saturated carbocycles. The van der Waals surface area contributed by atoms with Crippen molar-refractivity contribution in [2.45, 2.75) is 0 Å². The van der Waals surface area contributed by atoms with Gasteiger partial charge < -0.3 is 0 Å². The molecule has 2 rings (SSSR count). The van der Waals surface area contributed by atoms with Crippen LogP contribution >= 0.6 is 0 Å². The summed E-state index contributed by atoms with van der Waals surface area (Å²) in [6.45, 7) is 0. The molecule has 2 heterocycles. The molecule has 0 spiro atoms. The van der Waals surface area contributed by atoms with Crippen LogP contribution in [0.15, 0.2) is 18.3 Å². The third-order valence-corrected chi connectivity index (χ3v) is 1.43. The molecule has 0 aliphatic heterocycles. The Kier molecular flexibility index (Phi) is 1.10. The summed E-state index contributed by atoms with van der Waals surface area (Å²) >= 11 is 0. The minimum absolute atomic E-state index is 0.348. The Morgan fingerprint density at radius 1 is 1.55 bits per heavy atom. The Morgan fingerprint density at radius 3 is 3.27 bits per heavy atom. The molecule has 0 unspecified atom stereocenters. The molecule has 52 valence electrons. The zero-order chi connectivity index (χ0) is 7.68. The van der Waals surface area contributed by atoms with Gasteiger partial charge in [-0.3, -0.25) is 10.1 Å². The highest BCUT2D eigenvalue weighted by atomic mass is 15.1.